The van der Waals surface area contributed by atoms with Crippen molar-refractivity contribution >= 4 is 16.8 Å². The van der Waals surface area contributed by atoms with Gasteiger partial charge in [0.1, 0.15) is 30.3 Å². The van der Waals surface area contributed by atoms with Crippen LogP contribution in [0.5, 0.6) is 23.0 Å². The molecule has 1 amide bonds. The summed E-state index contributed by atoms with van der Waals surface area (Å²) in [4.78, 5) is 28.0. The van der Waals surface area contributed by atoms with Gasteiger partial charge in [-0.25, -0.2) is 0 Å². The third-order valence-corrected chi connectivity index (χ3v) is 4.68. The average Bonchev–Trinajstić information content (AvgIpc) is 2.75. The van der Waals surface area contributed by atoms with Gasteiger partial charge in [-0.15, -0.1) is 0 Å². The minimum absolute atomic E-state index is 0.0414. The summed E-state index contributed by atoms with van der Waals surface area (Å²) < 4.78 is 21.7. The summed E-state index contributed by atoms with van der Waals surface area (Å²) >= 11 is 0. The number of hydrogen-bond acceptors (Lipinski definition) is 6. The predicted octanol–water partition coefficient (Wildman–Crippen LogP) is 2.25. The number of rotatable bonds is 5. The third-order valence-electron chi connectivity index (χ3n) is 4.68. The highest BCUT2D eigenvalue weighted by atomic mass is 16.6. The van der Waals surface area contributed by atoms with Crippen LogP contribution in [0.3, 0.4) is 0 Å². The van der Waals surface area contributed by atoms with E-state index in [9.17, 15) is 9.59 Å². The molecule has 0 aliphatic carbocycles. The van der Waals surface area contributed by atoms with E-state index in [1.807, 2.05) is 6.07 Å². The van der Waals surface area contributed by atoms with Crippen molar-refractivity contribution in [3.05, 3.63) is 57.9 Å². The van der Waals surface area contributed by atoms with Crippen molar-refractivity contribution in [1.29, 1.82) is 0 Å². The van der Waals surface area contributed by atoms with E-state index in [0.717, 1.165) is 5.39 Å². The Labute approximate surface area is 166 Å². The molecule has 0 saturated carbocycles. The van der Waals surface area contributed by atoms with Gasteiger partial charge in [-0.2, -0.15) is 0 Å². The van der Waals surface area contributed by atoms with Gasteiger partial charge in [0, 0.05) is 23.6 Å². The highest BCUT2D eigenvalue weighted by molar-refractivity contribution is 5.99. The molecule has 2 aromatic carbocycles. The fourth-order valence-electron chi connectivity index (χ4n) is 3.26. The fourth-order valence-corrected chi connectivity index (χ4v) is 3.26. The Morgan fingerprint density at radius 2 is 1.72 bits per heavy atom. The van der Waals surface area contributed by atoms with Gasteiger partial charge in [-0.3, -0.25) is 9.59 Å². The number of aromatic amines is 1. The number of carbonyl (C=O) groups excluding carboxylic acids is 1. The lowest BCUT2D eigenvalue weighted by Gasteiger charge is -2.19. The minimum Gasteiger partial charge on any atom is -0.496 e. The first-order valence-corrected chi connectivity index (χ1v) is 9.05. The van der Waals surface area contributed by atoms with Crippen LogP contribution >= 0.6 is 0 Å². The summed E-state index contributed by atoms with van der Waals surface area (Å²) in [6, 6.07) is 10.4. The van der Waals surface area contributed by atoms with Crippen LogP contribution in [0.25, 0.3) is 10.9 Å². The third kappa shape index (κ3) is 3.56. The molecule has 0 fully saturated rings. The number of fused-ring (bicyclic) bond motifs is 2. The monoisotopic (exact) mass is 396 g/mol. The van der Waals surface area contributed by atoms with E-state index in [1.54, 1.807) is 30.3 Å². The maximum Gasteiger partial charge on any atom is 0.259 e. The zero-order valence-corrected chi connectivity index (χ0v) is 16.0. The standard InChI is InChI=1S/C21H20N2O6/c1-26-15-4-3-5-16(27-2)19(15)21(25)22-11-13-8-12-9-17-18(29-7-6-28-17)10-14(12)23-20(13)24/h3-5,8-10H,6-7,11H2,1-2H3,(H,22,25)(H,23,24). The Morgan fingerprint density at radius 3 is 2.38 bits per heavy atom. The van der Waals surface area contributed by atoms with Gasteiger partial charge >= 0.3 is 0 Å². The first-order valence-electron chi connectivity index (χ1n) is 9.05. The molecule has 4 rings (SSSR count). The Morgan fingerprint density at radius 1 is 1.07 bits per heavy atom. The number of carbonyl (C=O) groups is 1. The largest absolute Gasteiger partial charge is 0.496 e. The molecule has 2 N–H and O–H groups in total. The number of benzene rings is 2. The summed E-state index contributed by atoms with van der Waals surface area (Å²) in [7, 11) is 2.96. The molecule has 0 unspecified atom stereocenters. The number of hydrogen-bond donors (Lipinski definition) is 2. The molecule has 0 radical (unpaired) electrons. The normalized spacial score (nSPS) is 12.5. The molecule has 0 bridgehead atoms. The Bertz CT molecular complexity index is 1120. The number of amides is 1. The lowest BCUT2D eigenvalue weighted by atomic mass is 10.1. The highest BCUT2D eigenvalue weighted by Gasteiger charge is 2.19. The molecule has 2 heterocycles. The summed E-state index contributed by atoms with van der Waals surface area (Å²) in [6.45, 7) is 0.991. The lowest BCUT2D eigenvalue weighted by Crippen LogP contribution is -2.27. The summed E-state index contributed by atoms with van der Waals surface area (Å²) in [5.74, 6) is 1.60. The van der Waals surface area contributed by atoms with Crippen molar-refractivity contribution in [3.8, 4) is 23.0 Å². The molecule has 29 heavy (non-hydrogen) atoms. The SMILES string of the molecule is COc1cccc(OC)c1C(=O)NCc1cc2cc3c(cc2[nH]c1=O)OCCO3. The van der Waals surface area contributed by atoms with Gasteiger partial charge < -0.3 is 29.2 Å². The number of ether oxygens (including phenoxy) is 4. The molecule has 1 aliphatic heterocycles. The summed E-state index contributed by atoms with van der Waals surface area (Å²) in [5.41, 5.74) is 1.04. The quantitative estimate of drug-likeness (QED) is 0.686. The smallest absolute Gasteiger partial charge is 0.259 e. The van der Waals surface area contributed by atoms with Gasteiger partial charge in [-0.05, 0) is 24.3 Å². The van der Waals surface area contributed by atoms with Gasteiger partial charge in [0.2, 0.25) is 0 Å². The molecule has 0 spiro atoms. The molecule has 1 aliphatic rings. The number of nitrogens with one attached hydrogen (secondary N) is 2. The Hall–Kier alpha value is -3.68. The lowest BCUT2D eigenvalue weighted by molar-refractivity contribution is 0.0944. The van der Waals surface area contributed by atoms with Crippen LogP contribution in [-0.2, 0) is 6.54 Å². The molecular weight excluding hydrogens is 376 g/mol. The first-order chi connectivity index (χ1) is 14.1. The Kier molecular flexibility index (Phi) is 4.99. The van der Waals surface area contributed by atoms with E-state index < -0.39 is 5.91 Å². The molecular formula is C21H20N2O6. The zero-order valence-electron chi connectivity index (χ0n) is 16.0. The number of pyridine rings is 1. The summed E-state index contributed by atoms with van der Waals surface area (Å²) in [6.07, 6.45) is 0. The zero-order chi connectivity index (χ0) is 20.4. The van der Waals surface area contributed by atoms with Gasteiger partial charge in [0.15, 0.2) is 11.5 Å². The van der Waals surface area contributed by atoms with Crippen LogP contribution in [0.15, 0.2) is 41.2 Å². The second kappa shape index (κ2) is 7.75. The highest BCUT2D eigenvalue weighted by Crippen LogP contribution is 2.33. The molecule has 1 aromatic heterocycles. The summed E-state index contributed by atoms with van der Waals surface area (Å²) in [5, 5.41) is 3.54. The van der Waals surface area contributed by atoms with Crippen molar-refractivity contribution < 1.29 is 23.7 Å². The second-order valence-corrected chi connectivity index (χ2v) is 6.43. The molecule has 8 heteroatoms. The fraction of sp³-hybridized carbons (Fsp3) is 0.238. The van der Waals surface area contributed by atoms with E-state index in [2.05, 4.69) is 10.3 Å². The van der Waals surface area contributed by atoms with Gasteiger partial charge in [0.05, 0.1) is 19.7 Å². The molecule has 8 nitrogen and oxygen atoms in total. The van der Waals surface area contributed by atoms with E-state index in [4.69, 9.17) is 18.9 Å². The maximum absolute atomic E-state index is 12.7. The molecule has 0 atom stereocenters. The van der Waals surface area contributed by atoms with Crippen LogP contribution < -0.4 is 29.8 Å². The minimum atomic E-state index is -0.402. The van der Waals surface area contributed by atoms with Gasteiger partial charge in [-0.1, -0.05) is 6.07 Å². The molecule has 150 valence electrons. The number of H-pyrrole nitrogens is 1. The topological polar surface area (TPSA) is 98.9 Å². The van der Waals surface area contributed by atoms with Crippen LogP contribution in [0.4, 0.5) is 0 Å². The maximum atomic E-state index is 12.7. The van der Waals surface area contributed by atoms with Crippen molar-refractivity contribution in [1.82, 2.24) is 10.3 Å². The number of aromatic nitrogens is 1. The van der Waals surface area contributed by atoms with E-state index in [1.165, 1.54) is 14.2 Å². The van der Waals surface area contributed by atoms with E-state index in [0.29, 0.717) is 47.3 Å². The van der Waals surface area contributed by atoms with Crippen LogP contribution in [0.2, 0.25) is 0 Å². The van der Waals surface area contributed by atoms with Crippen LogP contribution in [-0.4, -0.2) is 38.3 Å². The van der Waals surface area contributed by atoms with Crippen molar-refractivity contribution in [2.45, 2.75) is 6.54 Å². The van der Waals surface area contributed by atoms with Crippen molar-refractivity contribution in [2.24, 2.45) is 0 Å². The number of methoxy groups -OCH3 is 2. The predicted molar refractivity (Wildman–Crippen MR) is 106 cm³/mol. The Balaban J connectivity index is 1.61. The molecule has 3 aromatic rings. The van der Waals surface area contributed by atoms with Crippen molar-refractivity contribution in [2.75, 3.05) is 27.4 Å². The first kappa shape index (κ1) is 18.7. The second-order valence-electron chi connectivity index (χ2n) is 6.43. The van der Waals surface area contributed by atoms with Crippen LogP contribution in [0.1, 0.15) is 15.9 Å². The van der Waals surface area contributed by atoms with Crippen molar-refractivity contribution in [3.63, 3.8) is 0 Å². The molecule has 0 saturated heterocycles. The van der Waals surface area contributed by atoms with E-state index in [-0.39, 0.29) is 17.7 Å². The van der Waals surface area contributed by atoms with E-state index >= 15 is 0 Å². The average molecular weight is 396 g/mol. The van der Waals surface area contributed by atoms with Crippen LogP contribution in [0, 0.1) is 0 Å². The van der Waals surface area contributed by atoms with Gasteiger partial charge in [0.25, 0.3) is 11.5 Å².